The Morgan fingerprint density at radius 1 is 1.54 bits per heavy atom. The zero-order valence-corrected chi connectivity index (χ0v) is 8.72. The highest BCUT2D eigenvalue weighted by atomic mass is 35.5. The fraction of sp³-hybridized carbons (Fsp3) is 0.889. The van der Waals surface area contributed by atoms with Crippen LogP contribution in [0.15, 0.2) is 0 Å². The fourth-order valence-electron chi connectivity index (χ4n) is 1.65. The van der Waals surface area contributed by atoms with Crippen LogP contribution in [-0.2, 0) is 4.74 Å². The molecule has 0 aliphatic carbocycles. The van der Waals surface area contributed by atoms with E-state index in [1.54, 1.807) is 4.90 Å². The zero-order chi connectivity index (χ0) is 9.68. The number of hydrogen-bond donors (Lipinski definition) is 0. The maximum Gasteiger partial charge on any atom is 0.316 e. The number of rotatable bonds is 3. The molecule has 0 aromatic heterocycles. The SMILES string of the molecule is CCCN(C(=O)Cl)C1CCOCC1. The Morgan fingerprint density at radius 2 is 2.15 bits per heavy atom. The molecule has 1 amide bonds. The molecule has 3 nitrogen and oxygen atoms in total. The first-order chi connectivity index (χ1) is 6.25. The van der Waals surface area contributed by atoms with E-state index in [2.05, 4.69) is 0 Å². The molecule has 1 rings (SSSR count). The number of amides is 1. The first-order valence-electron chi connectivity index (χ1n) is 4.79. The lowest BCUT2D eigenvalue weighted by Gasteiger charge is -2.32. The van der Waals surface area contributed by atoms with Crippen LogP contribution in [0, 0.1) is 0 Å². The fourth-order valence-corrected chi connectivity index (χ4v) is 1.87. The molecule has 0 atom stereocenters. The average molecular weight is 206 g/mol. The second-order valence-corrected chi connectivity index (χ2v) is 3.61. The summed E-state index contributed by atoms with van der Waals surface area (Å²) in [6, 6.07) is 0.290. The van der Waals surface area contributed by atoms with Crippen molar-refractivity contribution < 1.29 is 9.53 Å². The number of hydrogen-bond acceptors (Lipinski definition) is 2. The molecule has 13 heavy (non-hydrogen) atoms. The van der Waals surface area contributed by atoms with Crippen LogP contribution in [0.25, 0.3) is 0 Å². The van der Waals surface area contributed by atoms with Gasteiger partial charge in [0.1, 0.15) is 0 Å². The van der Waals surface area contributed by atoms with Gasteiger partial charge in [-0.3, -0.25) is 4.79 Å². The van der Waals surface area contributed by atoms with E-state index in [-0.39, 0.29) is 5.37 Å². The number of carbonyl (C=O) groups excluding carboxylic acids is 1. The molecule has 0 radical (unpaired) electrons. The second-order valence-electron chi connectivity index (χ2n) is 3.29. The molecule has 0 N–H and O–H groups in total. The van der Waals surface area contributed by atoms with E-state index in [4.69, 9.17) is 16.3 Å². The van der Waals surface area contributed by atoms with E-state index >= 15 is 0 Å². The summed E-state index contributed by atoms with van der Waals surface area (Å²) in [6.45, 7) is 4.29. The van der Waals surface area contributed by atoms with E-state index in [1.165, 1.54) is 0 Å². The molecule has 1 saturated heterocycles. The number of carbonyl (C=O) groups is 1. The first kappa shape index (κ1) is 10.8. The largest absolute Gasteiger partial charge is 0.381 e. The van der Waals surface area contributed by atoms with Crippen molar-refractivity contribution >= 4 is 17.0 Å². The van der Waals surface area contributed by atoms with Crippen molar-refractivity contribution in [3.05, 3.63) is 0 Å². The Morgan fingerprint density at radius 3 is 2.62 bits per heavy atom. The van der Waals surface area contributed by atoms with Gasteiger partial charge in [0.2, 0.25) is 0 Å². The topological polar surface area (TPSA) is 29.5 Å². The third-order valence-electron chi connectivity index (χ3n) is 2.32. The van der Waals surface area contributed by atoms with Gasteiger partial charge in [-0.05, 0) is 30.9 Å². The van der Waals surface area contributed by atoms with Gasteiger partial charge < -0.3 is 9.64 Å². The minimum Gasteiger partial charge on any atom is -0.381 e. The molecular weight excluding hydrogens is 190 g/mol. The van der Waals surface area contributed by atoms with E-state index < -0.39 is 0 Å². The van der Waals surface area contributed by atoms with Crippen LogP contribution < -0.4 is 0 Å². The van der Waals surface area contributed by atoms with Crippen LogP contribution in [0.4, 0.5) is 4.79 Å². The Labute approximate surface area is 84.0 Å². The van der Waals surface area contributed by atoms with Gasteiger partial charge in [-0.1, -0.05) is 6.92 Å². The number of ether oxygens (including phenoxy) is 1. The first-order valence-corrected chi connectivity index (χ1v) is 5.17. The van der Waals surface area contributed by atoms with Crippen molar-refractivity contribution in [2.75, 3.05) is 19.8 Å². The minimum absolute atomic E-state index is 0.290. The van der Waals surface area contributed by atoms with Gasteiger partial charge in [-0.2, -0.15) is 0 Å². The molecule has 0 bridgehead atoms. The van der Waals surface area contributed by atoms with E-state index in [9.17, 15) is 4.79 Å². The zero-order valence-electron chi connectivity index (χ0n) is 7.96. The predicted octanol–water partition coefficient (Wildman–Crippen LogP) is 2.24. The van der Waals surface area contributed by atoms with Gasteiger partial charge in [0.25, 0.3) is 0 Å². The van der Waals surface area contributed by atoms with E-state index in [0.29, 0.717) is 6.04 Å². The number of halogens is 1. The summed E-state index contributed by atoms with van der Waals surface area (Å²) in [4.78, 5) is 12.8. The number of nitrogens with zero attached hydrogens (tertiary/aromatic N) is 1. The Bertz CT molecular complexity index is 169. The van der Waals surface area contributed by atoms with Crippen LogP contribution >= 0.6 is 11.6 Å². The molecule has 1 aliphatic heterocycles. The van der Waals surface area contributed by atoms with Crippen molar-refractivity contribution in [2.45, 2.75) is 32.2 Å². The highest BCUT2D eigenvalue weighted by Gasteiger charge is 2.23. The molecule has 1 heterocycles. The Kier molecular flexibility index (Phi) is 4.53. The third-order valence-corrected chi connectivity index (χ3v) is 2.54. The smallest absolute Gasteiger partial charge is 0.316 e. The minimum atomic E-state index is -0.325. The Hall–Kier alpha value is -0.280. The lowest BCUT2D eigenvalue weighted by Crippen LogP contribution is -2.41. The van der Waals surface area contributed by atoms with Gasteiger partial charge >= 0.3 is 5.37 Å². The summed E-state index contributed by atoms with van der Waals surface area (Å²) in [5.41, 5.74) is 0. The quantitative estimate of drug-likeness (QED) is 0.523. The van der Waals surface area contributed by atoms with Gasteiger partial charge in [-0.25, -0.2) is 0 Å². The molecule has 0 aromatic carbocycles. The predicted molar refractivity (Wildman–Crippen MR) is 52.1 cm³/mol. The van der Waals surface area contributed by atoms with Gasteiger partial charge in [0.15, 0.2) is 0 Å². The van der Waals surface area contributed by atoms with Gasteiger partial charge in [0.05, 0.1) is 0 Å². The summed E-state index contributed by atoms with van der Waals surface area (Å²) in [6.07, 6.45) is 2.78. The Balaban J connectivity index is 2.46. The second kappa shape index (κ2) is 5.45. The van der Waals surface area contributed by atoms with Gasteiger partial charge in [-0.15, -0.1) is 0 Å². The van der Waals surface area contributed by atoms with Crippen LogP contribution in [0.3, 0.4) is 0 Å². The van der Waals surface area contributed by atoms with Gasteiger partial charge in [0, 0.05) is 25.8 Å². The highest BCUT2D eigenvalue weighted by molar-refractivity contribution is 6.62. The van der Waals surface area contributed by atoms with E-state index in [1.807, 2.05) is 6.92 Å². The third kappa shape index (κ3) is 3.16. The van der Waals surface area contributed by atoms with Crippen LogP contribution in [-0.4, -0.2) is 36.1 Å². The molecule has 1 aliphatic rings. The maximum absolute atomic E-state index is 11.1. The summed E-state index contributed by atoms with van der Waals surface area (Å²) in [7, 11) is 0. The molecular formula is C9H16ClNO2. The van der Waals surface area contributed by atoms with Crippen molar-refractivity contribution in [1.82, 2.24) is 4.90 Å². The molecule has 0 aromatic rings. The average Bonchev–Trinajstić information content (AvgIpc) is 2.15. The van der Waals surface area contributed by atoms with Crippen molar-refractivity contribution in [3.63, 3.8) is 0 Å². The highest BCUT2D eigenvalue weighted by Crippen LogP contribution is 2.16. The summed E-state index contributed by atoms with van der Waals surface area (Å²) >= 11 is 5.50. The monoisotopic (exact) mass is 205 g/mol. The molecule has 1 fully saturated rings. The standard InChI is InChI=1S/C9H16ClNO2/c1-2-5-11(9(10)12)8-3-6-13-7-4-8/h8H,2-7H2,1H3. The lowest BCUT2D eigenvalue weighted by molar-refractivity contribution is 0.0497. The lowest BCUT2D eigenvalue weighted by atomic mass is 10.1. The van der Waals surface area contributed by atoms with Crippen molar-refractivity contribution in [1.29, 1.82) is 0 Å². The van der Waals surface area contributed by atoms with Crippen LogP contribution in [0.2, 0.25) is 0 Å². The maximum atomic E-state index is 11.1. The summed E-state index contributed by atoms with van der Waals surface area (Å²) in [5, 5.41) is -0.325. The summed E-state index contributed by atoms with van der Waals surface area (Å²) < 4.78 is 5.23. The molecule has 76 valence electrons. The summed E-state index contributed by atoms with van der Waals surface area (Å²) in [5.74, 6) is 0. The molecule has 0 spiro atoms. The van der Waals surface area contributed by atoms with E-state index in [0.717, 1.165) is 39.0 Å². The normalized spacial score (nSPS) is 18.6. The van der Waals surface area contributed by atoms with Crippen molar-refractivity contribution in [3.8, 4) is 0 Å². The van der Waals surface area contributed by atoms with Crippen LogP contribution in [0.5, 0.6) is 0 Å². The van der Waals surface area contributed by atoms with Crippen LogP contribution in [0.1, 0.15) is 26.2 Å². The molecule has 0 saturated carbocycles. The van der Waals surface area contributed by atoms with Crippen molar-refractivity contribution in [2.24, 2.45) is 0 Å². The molecule has 4 heteroatoms. The molecule has 0 unspecified atom stereocenters.